The summed E-state index contributed by atoms with van der Waals surface area (Å²) in [6, 6.07) is 8.73. The Hall–Kier alpha value is -3.29. The number of halogens is 3. The highest BCUT2D eigenvalue weighted by Gasteiger charge is 2.31. The second-order valence-electron chi connectivity index (χ2n) is 7.47. The molecule has 0 bridgehead atoms. The zero-order valence-corrected chi connectivity index (χ0v) is 17.1. The number of rotatable bonds is 5. The largest absolute Gasteiger partial charge is 0.416 e. The fourth-order valence-electron chi connectivity index (χ4n) is 2.99. The summed E-state index contributed by atoms with van der Waals surface area (Å²) in [6.07, 6.45) is -1.51. The third-order valence-electron chi connectivity index (χ3n) is 4.46. The van der Waals surface area contributed by atoms with Crippen molar-refractivity contribution in [2.45, 2.75) is 39.9 Å². The van der Waals surface area contributed by atoms with E-state index >= 15 is 0 Å². The molecule has 1 heterocycles. The molecule has 0 saturated heterocycles. The highest BCUT2D eigenvalue weighted by Crippen LogP contribution is 2.33. The van der Waals surface area contributed by atoms with E-state index in [-0.39, 0.29) is 17.4 Å². The van der Waals surface area contributed by atoms with Crippen LogP contribution in [0.1, 0.15) is 41.0 Å². The molecule has 8 heteroatoms. The van der Waals surface area contributed by atoms with E-state index in [4.69, 9.17) is 0 Å². The smallest absolute Gasteiger partial charge is 0.383 e. The summed E-state index contributed by atoms with van der Waals surface area (Å²) in [5, 5.41) is 5.84. The molecular weight excluding hydrogens is 393 g/mol. The lowest BCUT2D eigenvalue weighted by Crippen LogP contribution is -2.16. The van der Waals surface area contributed by atoms with Crippen LogP contribution in [0, 0.1) is 13.8 Å². The van der Waals surface area contributed by atoms with Crippen molar-refractivity contribution in [3.8, 4) is 5.69 Å². The summed E-state index contributed by atoms with van der Waals surface area (Å²) >= 11 is 0. The molecule has 0 fully saturated rings. The molecule has 0 atom stereocenters. The van der Waals surface area contributed by atoms with Gasteiger partial charge in [-0.3, -0.25) is 4.79 Å². The Labute approximate surface area is 172 Å². The number of imidazole rings is 1. The van der Waals surface area contributed by atoms with Gasteiger partial charge in [-0.2, -0.15) is 13.2 Å². The van der Waals surface area contributed by atoms with Gasteiger partial charge < -0.3 is 15.2 Å². The standard InChI is InChI=1S/C22H23F3N4O/c1-13(2)27-20-7-16(6-5-14(20)3)21(30)28-18-8-17(22(23,24)25)9-19(10-18)29-11-15(4)26-12-29/h5-13,27H,1-4H3,(H,28,30). The summed E-state index contributed by atoms with van der Waals surface area (Å²) in [6.45, 7) is 7.62. The van der Waals surface area contributed by atoms with Crippen molar-refractivity contribution < 1.29 is 18.0 Å². The summed E-state index contributed by atoms with van der Waals surface area (Å²) in [7, 11) is 0. The number of amides is 1. The molecule has 3 rings (SSSR count). The van der Waals surface area contributed by atoms with Gasteiger partial charge in [0.25, 0.3) is 5.91 Å². The van der Waals surface area contributed by atoms with Crippen molar-refractivity contribution in [1.82, 2.24) is 9.55 Å². The van der Waals surface area contributed by atoms with Gasteiger partial charge in [0.2, 0.25) is 0 Å². The highest BCUT2D eigenvalue weighted by molar-refractivity contribution is 6.05. The van der Waals surface area contributed by atoms with Crippen molar-refractivity contribution in [3.63, 3.8) is 0 Å². The molecule has 0 aliphatic heterocycles. The molecule has 5 nitrogen and oxygen atoms in total. The van der Waals surface area contributed by atoms with Gasteiger partial charge in [-0.25, -0.2) is 4.98 Å². The molecule has 0 radical (unpaired) electrons. The fraction of sp³-hybridized carbons (Fsp3) is 0.273. The molecule has 1 aromatic heterocycles. The predicted molar refractivity (Wildman–Crippen MR) is 111 cm³/mol. The van der Waals surface area contributed by atoms with Gasteiger partial charge in [-0.05, 0) is 63.6 Å². The van der Waals surface area contributed by atoms with Crippen LogP contribution in [0.15, 0.2) is 48.9 Å². The van der Waals surface area contributed by atoms with Crippen LogP contribution >= 0.6 is 0 Å². The number of hydrogen-bond donors (Lipinski definition) is 2. The van der Waals surface area contributed by atoms with Crippen LogP contribution in [-0.2, 0) is 6.18 Å². The Kier molecular flexibility index (Phi) is 5.87. The zero-order valence-electron chi connectivity index (χ0n) is 17.1. The molecule has 2 N–H and O–H groups in total. The lowest BCUT2D eigenvalue weighted by molar-refractivity contribution is -0.137. The topological polar surface area (TPSA) is 59.0 Å². The van der Waals surface area contributed by atoms with Crippen LogP contribution in [0.5, 0.6) is 0 Å². The van der Waals surface area contributed by atoms with Gasteiger partial charge in [0.05, 0.1) is 17.6 Å². The monoisotopic (exact) mass is 416 g/mol. The molecule has 0 aliphatic rings. The molecule has 158 valence electrons. The number of carbonyl (C=O) groups is 1. The lowest BCUT2D eigenvalue weighted by Gasteiger charge is -2.15. The van der Waals surface area contributed by atoms with Crippen molar-refractivity contribution in [2.24, 2.45) is 0 Å². The normalized spacial score (nSPS) is 11.6. The van der Waals surface area contributed by atoms with Gasteiger partial charge >= 0.3 is 6.18 Å². The Bertz CT molecular complexity index is 1070. The second kappa shape index (κ2) is 8.22. The summed E-state index contributed by atoms with van der Waals surface area (Å²) in [5.74, 6) is -0.492. The molecule has 1 amide bonds. The quantitative estimate of drug-likeness (QED) is 0.571. The minimum absolute atomic E-state index is 0.0510. The van der Waals surface area contributed by atoms with Crippen LogP contribution in [0.4, 0.5) is 24.5 Å². The Balaban J connectivity index is 1.95. The molecule has 3 aromatic rings. The molecule has 0 saturated carbocycles. The maximum absolute atomic E-state index is 13.4. The van der Waals surface area contributed by atoms with E-state index in [2.05, 4.69) is 15.6 Å². The van der Waals surface area contributed by atoms with Gasteiger partial charge in [0.15, 0.2) is 0 Å². The van der Waals surface area contributed by atoms with E-state index in [0.717, 1.165) is 23.4 Å². The number of nitrogens with zero attached hydrogens (tertiary/aromatic N) is 2. The molecule has 0 spiro atoms. The first-order valence-corrected chi connectivity index (χ1v) is 9.45. The zero-order chi connectivity index (χ0) is 22.1. The number of carbonyl (C=O) groups excluding carboxylic acids is 1. The Morgan fingerprint density at radius 1 is 1.10 bits per heavy atom. The number of nitrogens with one attached hydrogen (secondary N) is 2. The highest BCUT2D eigenvalue weighted by atomic mass is 19.4. The number of benzene rings is 2. The van der Waals surface area contributed by atoms with Crippen molar-refractivity contribution in [1.29, 1.82) is 0 Å². The number of hydrogen-bond acceptors (Lipinski definition) is 3. The van der Waals surface area contributed by atoms with Crippen LogP contribution in [-0.4, -0.2) is 21.5 Å². The van der Waals surface area contributed by atoms with Gasteiger partial charge in [-0.1, -0.05) is 6.07 Å². The summed E-state index contributed by atoms with van der Waals surface area (Å²) in [4.78, 5) is 16.8. The molecular formula is C22H23F3N4O. The van der Waals surface area contributed by atoms with Crippen LogP contribution < -0.4 is 10.6 Å². The minimum Gasteiger partial charge on any atom is -0.383 e. The van der Waals surface area contributed by atoms with Gasteiger partial charge in [-0.15, -0.1) is 0 Å². The van der Waals surface area contributed by atoms with Gasteiger partial charge in [0.1, 0.15) is 0 Å². The van der Waals surface area contributed by atoms with Crippen LogP contribution in [0.25, 0.3) is 5.69 Å². The maximum atomic E-state index is 13.4. The first-order valence-electron chi connectivity index (χ1n) is 9.45. The first-order chi connectivity index (χ1) is 14.0. The third kappa shape index (κ3) is 5.00. The van der Waals surface area contributed by atoms with E-state index in [9.17, 15) is 18.0 Å². The van der Waals surface area contributed by atoms with E-state index in [0.29, 0.717) is 11.3 Å². The average Bonchev–Trinajstić information content (AvgIpc) is 3.08. The molecule has 30 heavy (non-hydrogen) atoms. The Morgan fingerprint density at radius 2 is 1.83 bits per heavy atom. The van der Waals surface area contributed by atoms with Crippen molar-refractivity contribution in [2.75, 3.05) is 10.6 Å². The van der Waals surface area contributed by atoms with Crippen molar-refractivity contribution >= 4 is 17.3 Å². The average molecular weight is 416 g/mol. The van der Waals surface area contributed by atoms with E-state index in [1.807, 2.05) is 20.8 Å². The summed E-state index contributed by atoms with van der Waals surface area (Å²) in [5.41, 5.74) is 2.24. The maximum Gasteiger partial charge on any atom is 0.416 e. The van der Waals surface area contributed by atoms with E-state index in [1.165, 1.54) is 17.0 Å². The SMILES string of the molecule is Cc1cn(-c2cc(NC(=O)c3ccc(C)c(NC(C)C)c3)cc(C(F)(F)F)c2)cn1. The van der Waals surface area contributed by atoms with Crippen LogP contribution in [0.3, 0.4) is 0 Å². The fourth-order valence-corrected chi connectivity index (χ4v) is 2.99. The number of anilines is 2. The number of aromatic nitrogens is 2. The van der Waals surface area contributed by atoms with E-state index in [1.54, 1.807) is 31.3 Å². The first kappa shape index (κ1) is 21.4. The molecule has 0 aliphatic carbocycles. The molecule has 2 aromatic carbocycles. The number of aryl methyl sites for hydroxylation is 2. The van der Waals surface area contributed by atoms with Gasteiger partial charge in [0, 0.05) is 34.9 Å². The summed E-state index contributed by atoms with van der Waals surface area (Å²) < 4.78 is 41.7. The lowest BCUT2D eigenvalue weighted by atomic mass is 10.1. The van der Waals surface area contributed by atoms with Crippen LogP contribution in [0.2, 0.25) is 0 Å². The predicted octanol–water partition coefficient (Wildman–Crippen LogP) is 5.58. The third-order valence-corrected chi connectivity index (χ3v) is 4.46. The van der Waals surface area contributed by atoms with Crippen molar-refractivity contribution in [3.05, 3.63) is 71.3 Å². The van der Waals surface area contributed by atoms with E-state index < -0.39 is 17.6 Å². The molecule has 0 unspecified atom stereocenters. The minimum atomic E-state index is -4.55. The number of alkyl halides is 3. The second-order valence-corrected chi connectivity index (χ2v) is 7.47. The Morgan fingerprint density at radius 3 is 2.43 bits per heavy atom.